The van der Waals surface area contributed by atoms with Crippen LogP contribution in [0.3, 0.4) is 0 Å². The number of nitrogens with one attached hydrogen (secondary N) is 2. The molecule has 1 aromatic carbocycles. The molecule has 0 bridgehead atoms. The van der Waals surface area contributed by atoms with E-state index in [1.807, 2.05) is 4.90 Å². The highest BCUT2D eigenvalue weighted by molar-refractivity contribution is 5.78. The zero-order valence-corrected chi connectivity index (χ0v) is 18.5. The van der Waals surface area contributed by atoms with Crippen LogP contribution in [-0.4, -0.2) is 61.0 Å². The largest absolute Gasteiger partial charge is 0.416 e. The molecule has 12 heteroatoms. The lowest BCUT2D eigenvalue weighted by Crippen LogP contribution is -2.36. The number of aromatic nitrogens is 1. The highest BCUT2D eigenvalue weighted by Crippen LogP contribution is 2.31. The summed E-state index contributed by atoms with van der Waals surface area (Å²) in [5.74, 6) is -0.0716. The fraction of sp³-hybridized carbons (Fsp3) is 0.304. The zero-order valence-electron chi connectivity index (χ0n) is 18.5. The van der Waals surface area contributed by atoms with Crippen molar-refractivity contribution in [2.24, 2.45) is 15.1 Å². The molecule has 0 amide bonds. The van der Waals surface area contributed by atoms with Crippen molar-refractivity contribution in [3.05, 3.63) is 65.5 Å². The van der Waals surface area contributed by atoms with Crippen LogP contribution in [0.15, 0.2) is 69.3 Å². The number of benzene rings is 1. The van der Waals surface area contributed by atoms with Crippen molar-refractivity contribution in [2.45, 2.75) is 18.8 Å². The maximum atomic E-state index is 14.4. The number of anilines is 2. The van der Waals surface area contributed by atoms with Crippen LogP contribution < -0.4 is 10.7 Å². The van der Waals surface area contributed by atoms with Gasteiger partial charge in [-0.25, -0.2) is 9.38 Å². The number of aliphatic imine (C=N–C) groups is 2. The summed E-state index contributed by atoms with van der Waals surface area (Å²) >= 11 is 0. The summed E-state index contributed by atoms with van der Waals surface area (Å²) in [5, 5.41) is 7.01. The zero-order chi connectivity index (χ0) is 24.7. The first-order chi connectivity index (χ1) is 16.9. The average Bonchev–Trinajstić information content (AvgIpc) is 2.84. The Morgan fingerprint density at radius 1 is 1.11 bits per heavy atom. The van der Waals surface area contributed by atoms with Gasteiger partial charge < -0.3 is 15.0 Å². The van der Waals surface area contributed by atoms with E-state index in [1.54, 1.807) is 12.1 Å². The molecule has 0 radical (unpaired) electrons. The standard InChI is InChI=1S/C23H23F4N7O/c24-20-6-7-28-21(15-30-22(20)34-8-10-35-11-9-34)33-31-14-18-4-5-19(13-29-18)32-17-3-1-2-16(12-17)23(25,26)27/h1-5,7,12-15,21,32-33H,6,8-11H2/b22-20-,28-7?,30-15+,31-14+. The van der Waals surface area contributed by atoms with Crippen LogP contribution in [0.5, 0.6) is 0 Å². The molecule has 1 saturated heterocycles. The molecule has 2 aliphatic rings. The van der Waals surface area contributed by atoms with Crippen molar-refractivity contribution in [1.29, 1.82) is 0 Å². The minimum Gasteiger partial charge on any atom is -0.378 e. The molecule has 4 rings (SSSR count). The van der Waals surface area contributed by atoms with Crippen LogP contribution >= 0.6 is 0 Å². The SMILES string of the molecule is F/C1=C(N2CCOCC2)/N=C/C(N/N=C/c2ccc(Nc3cccc(C(F)(F)F)c3)cn2)N=CC1. The summed E-state index contributed by atoms with van der Waals surface area (Å²) in [6.07, 6.45) is 0.941. The number of ether oxygens (including phenoxy) is 1. The maximum absolute atomic E-state index is 14.4. The number of halogens is 4. The third-order valence-corrected chi connectivity index (χ3v) is 5.10. The fourth-order valence-corrected chi connectivity index (χ4v) is 3.36. The lowest BCUT2D eigenvalue weighted by molar-refractivity contribution is -0.137. The minimum absolute atomic E-state index is 0.0355. The molecular weight excluding hydrogens is 466 g/mol. The van der Waals surface area contributed by atoms with Gasteiger partial charge in [-0.05, 0) is 30.3 Å². The highest BCUT2D eigenvalue weighted by atomic mass is 19.4. The molecule has 1 aromatic heterocycles. The van der Waals surface area contributed by atoms with Gasteiger partial charge in [-0.15, -0.1) is 0 Å². The Hall–Kier alpha value is -3.80. The van der Waals surface area contributed by atoms with E-state index in [0.29, 0.717) is 43.4 Å². The molecular formula is C23H23F4N7O. The Labute approximate surface area is 199 Å². The van der Waals surface area contributed by atoms with Crippen LogP contribution in [0, 0.1) is 0 Å². The molecule has 1 unspecified atom stereocenters. The van der Waals surface area contributed by atoms with E-state index < -0.39 is 17.9 Å². The van der Waals surface area contributed by atoms with Gasteiger partial charge in [0, 0.05) is 31.4 Å². The molecule has 35 heavy (non-hydrogen) atoms. The van der Waals surface area contributed by atoms with Crippen molar-refractivity contribution in [3.63, 3.8) is 0 Å². The van der Waals surface area contributed by atoms with Gasteiger partial charge in [0.25, 0.3) is 0 Å². The first-order valence-corrected chi connectivity index (χ1v) is 10.8. The number of hydrazone groups is 1. The molecule has 0 saturated carbocycles. The normalized spacial score (nSPS) is 22.1. The number of alkyl halides is 3. The monoisotopic (exact) mass is 489 g/mol. The van der Waals surface area contributed by atoms with Crippen molar-refractivity contribution in [3.8, 4) is 0 Å². The molecule has 2 N–H and O–H groups in total. The van der Waals surface area contributed by atoms with Gasteiger partial charge in [-0.1, -0.05) is 6.07 Å². The van der Waals surface area contributed by atoms with Crippen molar-refractivity contribution in [2.75, 3.05) is 31.6 Å². The summed E-state index contributed by atoms with van der Waals surface area (Å²) in [5.41, 5.74) is 3.42. The van der Waals surface area contributed by atoms with Crippen LogP contribution in [0.2, 0.25) is 0 Å². The second-order valence-electron chi connectivity index (χ2n) is 7.65. The molecule has 1 atom stereocenters. The van der Waals surface area contributed by atoms with Crippen molar-refractivity contribution >= 4 is 30.0 Å². The third-order valence-electron chi connectivity index (χ3n) is 5.10. The maximum Gasteiger partial charge on any atom is 0.416 e. The molecule has 0 aliphatic carbocycles. The number of hydrogen-bond donors (Lipinski definition) is 2. The first kappa shape index (κ1) is 24.3. The molecule has 2 aliphatic heterocycles. The van der Waals surface area contributed by atoms with Gasteiger partial charge in [0.1, 0.15) is 5.83 Å². The van der Waals surface area contributed by atoms with E-state index in [4.69, 9.17) is 4.74 Å². The van der Waals surface area contributed by atoms with E-state index in [-0.39, 0.29) is 18.1 Å². The summed E-state index contributed by atoms with van der Waals surface area (Å²) < 4.78 is 58.3. The predicted molar refractivity (Wildman–Crippen MR) is 126 cm³/mol. The predicted octanol–water partition coefficient (Wildman–Crippen LogP) is 4.11. The Balaban J connectivity index is 1.34. The number of rotatable bonds is 6. The van der Waals surface area contributed by atoms with Gasteiger partial charge in [0.2, 0.25) is 0 Å². The quantitative estimate of drug-likeness (QED) is 0.362. The van der Waals surface area contributed by atoms with Crippen LogP contribution in [0.25, 0.3) is 0 Å². The van der Waals surface area contributed by atoms with Gasteiger partial charge >= 0.3 is 6.18 Å². The van der Waals surface area contributed by atoms with E-state index in [2.05, 4.69) is 30.8 Å². The van der Waals surface area contributed by atoms with E-state index >= 15 is 0 Å². The lowest BCUT2D eigenvalue weighted by atomic mass is 10.2. The summed E-state index contributed by atoms with van der Waals surface area (Å²) in [4.78, 5) is 14.5. The number of pyridine rings is 1. The van der Waals surface area contributed by atoms with Crippen molar-refractivity contribution in [1.82, 2.24) is 15.3 Å². The molecule has 8 nitrogen and oxygen atoms in total. The summed E-state index contributed by atoms with van der Waals surface area (Å²) in [6.45, 7) is 2.18. The van der Waals surface area contributed by atoms with Gasteiger partial charge in [0.15, 0.2) is 12.0 Å². The first-order valence-electron chi connectivity index (χ1n) is 10.8. The number of morpholine rings is 1. The van der Waals surface area contributed by atoms with Gasteiger partial charge in [-0.2, -0.15) is 18.3 Å². The van der Waals surface area contributed by atoms with Crippen LogP contribution in [0.4, 0.5) is 28.9 Å². The molecule has 0 spiro atoms. The molecule has 3 heterocycles. The lowest BCUT2D eigenvalue weighted by Gasteiger charge is -2.29. The summed E-state index contributed by atoms with van der Waals surface area (Å²) in [7, 11) is 0. The smallest absolute Gasteiger partial charge is 0.378 e. The van der Waals surface area contributed by atoms with Crippen LogP contribution in [-0.2, 0) is 10.9 Å². The van der Waals surface area contributed by atoms with Gasteiger partial charge in [-0.3, -0.25) is 15.4 Å². The minimum atomic E-state index is -4.41. The topological polar surface area (TPSA) is 86.5 Å². The van der Waals surface area contributed by atoms with Crippen LogP contribution in [0.1, 0.15) is 17.7 Å². The van der Waals surface area contributed by atoms with E-state index in [9.17, 15) is 17.6 Å². The second-order valence-corrected chi connectivity index (χ2v) is 7.65. The van der Waals surface area contributed by atoms with E-state index in [0.717, 1.165) is 12.1 Å². The number of hydrogen-bond acceptors (Lipinski definition) is 8. The second kappa shape index (κ2) is 11.1. The highest BCUT2D eigenvalue weighted by Gasteiger charge is 2.30. The molecule has 1 fully saturated rings. The van der Waals surface area contributed by atoms with Crippen molar-refractivity contribution < 1.29 is 22.3 Å². The van der Waals surface area contributed by atoms with Gasteiger partial charge in [0.05, 0.1) is 48.8 Å². The average molecular weight is 489 g/mol. The molecule has 184 valence electrons. The number of nitrogens with zero attached hydrogens (tertiary/aromatic N) is 5. The molecule has 2 aromatic rings. The Bertz CT molecular complexity index is 1120. The Kier molecular flexibility index (Phi) is 7.70. The Morgan fingerprint density at radius 3 is 2.69 bits per heavy atom. The number of allylic oxidation sites excluding steroid dienone is 1. The fourth-order valence-electron chi connectivity index (χ4n) is 3.36. The summed E-state index contributed by atoms with van der Waals surface area (Å²) in [6, 6.07) is 8.24. The Morgan fingerprint density at radius 2 is 1.94 bits per heavy atom. The third kappa shape index (κ3) is 6.85. The van der Waals surface area contributed by atoms with E-state index in [1.165, 1.54) is 37.0 Å².